The average Bonchev–Trinajstić information content (AvgIpc) is 3.30. The molecule has 1 unspecified atom stereocenters. The zero-order valence-electron chi connectivity index (χ0n) is 15.8. The molecule has 0 saturated carbocycles. The van der Waals surface area contributed by atoms with Crippen LogP contribution in [-0.2, 0) is 6.54 Å². The van der Waals surface area contributed by atoms with Crippen molar-refractivity contribution in [3.8, 4) is 0 Å². The lowest BCUT2D eigenvalue weighted by atomic mass is 10.1. The minimum atomic E-state index is 0. The van der Waals surface area contributed by atoms with Crippen LogP contribution >= 0.6 is 35.3 Å². The van der Waals surface area contributed by atoms with E-state index in [9.17, 15) is 0 Å². The Morgan fingerprint density at radius 3 is 2.69 bits per heavy atom. The highest BCUT2D eigenvalue weighted by atomic mass is 127. The third-order valence-corrected chi connectivity index (χ3v) is 5.83. The van der Waals surface area contributed by atoms with Crippen molar-refractivity contribution >= 4 is 47.0 Å². The Kier molecular flexibility index (Phi) is 8.21. The van der Waals surface area contributed by atoms with Gasteiger partial charge in [-0.25, -0.2) is 0 Å². The summed E-state index contributed by atoms with van der Waals surface area (Å²) in [5.41, 5.74) is 3.96. The predicted octanol–water partition coefficient (Wildman–Crippen LogP) is 4.70. The molecule has 0 radical (unpaired) electrons. The van der Waals surface area contributed by atoms with E-state index in [1.165, 1.54) is 47.6 Å². The molecule has 1 aliphatic rings. The van der Waals surface area contributed by atoms with Gasteiger partial charge in [0.15, 0.2) is 5.96 Å². The summed E-state index contributed by atoms with van der Waals surface area (Å²) in [5.74, 6) is 0.840. The molecule has 6 heteroatoms. The highest BCUT2D eigenvalue weighted by molar-refractivity contribution is 14.0. The van der Waals surface area contributed by atoms with E-state index in [0.717, 1.165) is 12.5 Å². The zero-order chi connectivity index (χ0) is 17.6. The minimum Gasteiger partial charge on any atom is -0.372 e. The first-order chi connectivity index (χ1) is 12.2. The quantitative estimate of drug-likeness (QED) is 0.367. The summed E-state index contributed by atoms with van der Waals surface area (Å²) < 4.78 is 0. The molecule has 1 aromatic carbocycles. The summed E-state index contributed by atoms with van der Waals surface area (Å²) >= 11 is 1.78. The minimum absolute atomic E-state index is 0. The van der Waals surface area contributed by atoms with Crippen LogP contribution in [0, 0.1) is 6.92 Å². The molecular weight excluding hydrogens is 455 g/mol. The van der Waals surface area contributed by atoms with Gasteiger partial charge in [0.2, 0.25) is 0 Å². The smallest absolute Gasteiger partial charge is 0.191 e. The van der Waals surface area contributed by atoms with Crippen LogP contribution < -0.4 is 15.5 Å². The number of rotatable bonds is 5. The van der Waals surface area contributed by atoms with E-state index in [4.69, 9.17) is 0 Å². The second kappa shape index (κ2) is 10.2. The normalized spacial score (nSPS) is 15.5. The monoisotopic (exact) mass is 484 g/mol. The van der Waals surface area contributed by atoms with E-state index in [1.807, 2.05) is 7.05 Å². The molecule has 3 rings (SSSR count). The van der Waals surface area contributed by atoms with Gasteiger partial charge >= 0.3 is 0 Å². The molecule has 0 spiro atoms. The fourth-order valence-corrected chi connectivity index (χ4v) is 4.04. The molecular formula is C20H29IN4S. The number of halogens is 1. The number of aryl methyl sites for hydroxylation is 1. The molecule has 26 heavy (non-hydrogen) atoms. The van der Waals surface area contributed by atoms with Gasteiger partial charge in [-0.15, -0.1) is 35.3 Å². The Bertz CT molecular complexity index is 722. The number of aliphatic imine (C=N–C) groups is 1. The fraction of sp³-hybridized carbons (Fsp3) is 0.450. The van der Waals surface area contributed by atoms with Crippen LogP contribution in [0.4, 0.5) is 5.69 Å². The van der Waals surface area contributed by atoms with Crippen LogP contribution in [0.3, 0.4) is 0 Å². The molecule has 1 aliphatic heterocycles. The highest BCUT2D eigenvalue weighted by Crippen LogP contribution is 2.24. The molecule has 142 valence electrons. The van der Waals surface area contributed by atoms with Crippen molar-refractivity contribution in [1.29, 1.82) is 0 Å². The Labute approximate surface area is 178 Å². The SMILES string of the molecule is CN=C(NCc1sccc1C)NC(C)c1cccc(N2CCCC2)c1.I. The first kappa shape index (κ1) is 21.0. The second-order valence-electron chi connectivity index (χ2n) is 6.61. The van der Waals surface area contributed by atoms with Crippen molar-refractivity contribution in [3.05, 3.63) is 51.7 Å². The summed E-state index contributed by atoms with van der Waals surface area (Å²) in [5, 5.41) is 9.06. The number of guanidine groups is 1. The van der Waals surface area contributed by atoms with Crippen molar-refractivity contribution in [3.63, 3.8) is 0 Å². The van der Waals surface area contributed by atoms with Crippen LogP contribution in [0.2, 0.25) is 0 Å². The van der Waals surface area contributed by atoms with E-state index in [2.05, 4.69) is 70.1 Å². The van der Waals surface area contributed by atoms with Gasteiger partial charge in [0, 0.05) is 30.7 Å². The van der Waals surface area contributed by atoms with E-state index in [0.29, 0.717) is 0 Å². The fourth-order valence-electron chi connectivity index (χ4n) is 3.20. The predicted molar refractivity (Wildman–Crippen MR) is 124 cm³/mol. The Balaban J connectivity index is 0.00000243. The Morgan fingerprint density at radius 1 is 1.27 bits per heavy atom. The number of hydrogen-bond donors (Lipinski definition) is 2. The highest BCUT2D eigenvalue weighted by Gasteiger charge is 2.14. The van der Waals surface area contributed by atoms with Gasteiger partial charge in [0.25, 0.3) is 0 Å². The molecule has 1 fully saturated rings. The summed E-state index contributed by atoms with van der Waals surface area (Å²) in [4.78, 5) is 8.20. The van der Waals surface area contributed by atoms with Gasteiger partial charge in [-0.1, -0.05) is 12.1 Å². The van der Waals surface area contributed by atoms with Crippen molar-refractivity contribution in [2.24, 2.45) is 4.99 Å². The lowest BCUT2D eigenvalue weighted by Crippen LogP contribution is -2.38. The third kappa shape index (κ3) is 5.36. The molecule has 2 aromatic rings. The average molecular weight is 484 g/mol. The van der Waals surface area contributed by atoms with Gasteiger partial charge in [-0.3, -0.25) is 4.99 Å². The molecule has 1 aromatic heterocycles. The Hall–Kier alpha value is -1.28. The van der Waals surface area contributed by atoms with Gasteiger partial charge in [0.05, 0.1) is 12.6 Å². The third-order valence-electron chi connectivity index (χ3n) is 4.80. The molecule has 0 bridgehead atoms. The summed E-state index contributed by atoms with van der Waals surface area (Å²) in [6.07, 6.45) is 2.60. The summed E-state index contributed by atoms with van der Waals surface area (Å²) in [6.45, 7) is 7.50. The number of nitrogens with one attached hydrogen (secondary N) is 2. The van der Waals surface area contributed by atoms with Crippen molar-refractivity contribution < 1.29 is 0 Å². The van der Waals surface area contributed by atoms with E-state index in [-0.39, 0.29) is 30.0 Å². The zero-order valence-corrected chi connectivity index (χ0v) is 18.9. The van der Waals surface area contributed by atoms with Crippen LogP contribution in [0.1, 0.15) is 41.8 Å². The van der Waals surface area contributed by atoms with Crippen molar-refractivity contribution in [1.82, 2.24) is 10.6 Å². The largest absolute Gasteiger partial charge is 0.372 e. The van der Waals surface area contributed by atoms with Gasteiger partial charge in [-0.05, 0) is 61.4 Å². The van der Waals surface area contributed by atoms with Crippen LogP contribution in [0.5, 0.6) is 0 Å². The second-order valence-corrected chi connectivity index (χ2v) is 7.61. The number of nitrogens with zero attached hydrogens (tertiary/aromatic N) is 2. The maximum Gasteiger partial charge on any atom is 0.191 e. The number of thiophene rings is 1. The molecule has 0 aliphatic carbocycles. The topological polar surface area (TPSA) is 39.7 Å². The Morgan fingerprint density at radius 2 is 2.04 bits per heavy atom. The standard InChI is InChI=1S/C20H28N4S.HI/c1-15-9-12-25-19(15)14-22-20(21-3)23-16(2)17-7-6-8-18(13-17)24-10-4-5-11-24;/h6-9,12-13,16H,4-5,10-11,14H2,1-3H3,(H2,21,22,23);1H. The maximum absolute atomic E-state index is 4.37. The number of benzene rings is 1. The van der Waals surface area contributed by atoms with Crippen molar-refractivity contribution in [2.75, 3.05) is 25.0 Å². The number of hydrogen-bond acceptors (Lipinski definition) is 3. The van der Waals surface area contributed by atoms with Gasteiger partial charge in [0.1, 0.15) is 0 Å². The molecule has 2 heterocycles. The molecule has 1 saturated heterocycles. The maximum atomic E-state index is 4.37. The van der Waals surface area contributed by atoms with E-state index < -0.39 is 0 Å². The summed E-state index contributed by atoms with van der Waals surface area (Å²) in [7, 11) is 1.82. The van der Waals surface area contributed by atoms with Crippen molar-refractivity contribution in [2.45, 2.75) is 39.3 Å². The lowest BCUT2D eigenvalue weighted by molar-refractivity contribution is 0.686. The van der Waals surface area contributed by atoms with Gasteiger partial charge in [-0.2, -0.15) is 0 Å². The van der Waals surface area contributed by atoms with Gasteiger partial charge < -0.3 is 15.5 Å². The molecule has 4 nitrogen and oxygen atoms in total. The number of anilines is 1. The first-order valence-corrected chi connectivity index (χ1v) is 9.90. The van der Waals surface area contributed by atoms with Crippen LogP contribution in [0.15, 0.2) is 40.7 Å². The van der Waals surface area contributed by atoms with Crippen LogP contribution in [-0.4, -0.2) is 26.1 Å². The van der Waals surface area contributed by atoms with E-state index >= 15 is 0 Å². The van der Waals surface area contributed by atoms with E-state index in [1.54, 1.807) is 11.3 Å². The molecule has 2 N–H and O–H groups in total. The molecule has 0 amide bonds. The lowest BCUT2D eigenvalue weighted by Gasteiger charge is -2.22. The summed E-state index contributed by atoms with van der Waals surface area (Å²) in [6, 6.07) is 11.2. The first-order valence-electron chi connectivity index (χ1n) is 9.02. The van der Waals surface area contributed by atoms with Crippen LogP contribution in [0.25, 0.3) is 0 Å². The molecule has 1 atom stereocenters.